The molecule has 0 amide bonds. The molecule has 1 unspecified atom stereocenters. The summed E-state index contributed by atoms with van der Waals surface area (Å²) in [4.78, 5) is 2.43. The van der Waals surface area contributed by atoms with Gasteiger partial charge in [-0.1, -0.05) is 32.0 Å². The van der Waals surface area contributed by atoms with Crippen LogP contribution in [0.25, 0.3) is 0 Å². The molecule has 0 bridgehead atoms. The summed E-state index contributed by atoms with van der Waals surface area (Å²) in [6.07, 6.45) is 2.33. The quantitative estimate of drug-likeness (QED) is 0.771. The molecule has 0 aliphatic carbocycles. The maximum atomic E-state index is 6.31. The van der Waals surface area contributed by atoms with E-state index in [9.17, 15) is 0 Å². The Bertz CT molecular complexity index is 335. The highest BCUT2D eigenvalue weighted by atomic mass is 16.5. The molecule has 18 heavy (non-hydrogen) atoms. The summed E-state index contributed by atoms with van der Waals surface area (Å²) >= 11 is 0. The Balaban J connectivity index is 2.70. The van der Waals surface area contributed by atoms with Gasteiger partial charge in [0, 0.05) is 18.2 Å². The van der Waals surface area contributed by atoms with Crippen LogP contribution in [0.1, 0.15) is 38.3 Å². The van der Waals surface area contributed by atoms with Gasteiger partial charge in [-0.25, -0.2) is 0 Å². The molecule has 3 nitrogen and oxygen atoms in total. The van der Waals surface area contributed by atoms with Crippen LogP contribution >= 0.6 is 0 Å². The zero-order valence-corrected chi connectivity index (χ0v) is 11.9. The van der Waals surface area contributed by atoms with Crippen molar-refractivity contribution in [3.05, 3.63) is 29.8 Å². The van der Waals surface area contributed by atoms with Crippen molar-refractivity contribution in [2.45, 2.75) is 32.7 Å². The number of benzene rings is 1. The number of ether oxygens (including phenoxy) is 1. The second-order valence-corrected chi connectivity index (χ2v) is 4.65. The first-order valence-corrected chi connectivity index (χ1v) is 6.83. The molecule has 0 saturated carbocycles. The minimum atomic E-state index is 0.0132. The standard InChI is InChI=1S/C15H26N2O/c1-4-10-17(11-5-2)12-14(16)13-8-6-7-9-15(13)18-3/h6-9,14H,4-5,10-12,16H2,1-3H3. The highest BCUT2D eigenvalue weighted by Gasteiger charge is 2.14. The number of para-hydroxylation sites is 1. The Morgan fingerprint density at radius 2 is 1.78 bits per heavy atom. The summed E-state index contributed by atoms with van der Waals surface area (Å²) in [5.41, 5.74) is 7.41. The third-order valence-electron chi connectivity index (χ3n) is 3.07. The Labute approximate surface area is 111 Å². The summed E-state index contributed by atoms with van der Waals surface area (Å²) in [6.45, 7) is 7.52. The average molecular weight is 250 g/mol. The van der Waals surface area contributed by atoms with E-state index in [4.69, 9.17) is 10.5 Å². The fourth-order valence-corrected chi connectivity index (χ4v) is 2.28. The van der Waals surface area contributed by atoms with Gasteiger partial charge >= 0.3 is 0 Å². The summed E-state index contributed by atoms with van der Waals surface area (Å²) in [7, 11) is 1.70. The van der Waals surface area contributed by atoms with Crippen molar-refractivity contribution in [1.29, 1.82) is 0 Å². The first-order valence-electron chi connectivity index (χ1n) is 6.83. The smallest absolute Gasteiger partial charge is 0.123 e. The molecule has 3 heteroatoms. The predicted octanol–water partition coefficient (Wildman–Crippen LogP) is 2.82. The van der Waals surface area contributed by atoms with Crippen LogP contribution in [0, 0.1) is 0 Å². The molecule has 1 atom stereocenters. The maximum absolute atomic E-state index is 6.31. The van der Waals surface area contributed by atoms with Crippen LogP contribution in [-0.2, 0) is 0 Å². The van der Waals surface area contributed by atoms with Crippen molar-refractivity contribution in [3.8, 4) is 5.75 Å². The molecular formula is C15H26N2O. The van der Waals surface area contributed by atoms with E-state index < -0.39 is 0 Å². The van der Waals surface area contributed by atoms with Crippen molar-refractivity contribution >= 4 is 0 Å². The second-order valence-electron chi connectivity index (χ2n) is 4.65. The molecule has 1 rings (SSSR count). The lowest BCUT2D eigenvalue weighted by atomic mass is 10.1. The van der Waals surface area contributed by atoms with Crippen LogP contribution in [0.5, 0.6) is 5.75 Å². The summed E-state index contributed by atoms with van der Waals surface area (Å²) in [6, 6.07) is 8.03. The van der Waals surface area contributed by atoms with Gasteiger partial charge in [-0.3, -0.25) is 0 Å². The highest BCUT2D eigenvalue weighted by molar-refractivity contribution is 5.35. The minimum absolute atomic E-state index is 0.0132. The summed E-state index contributed by atoms with van der Waals surface area (Å²) < 4.78 is 5.37. The lowest BCUT2D eigenvalue weighted by Crippen LogP contribution is -2.33. The van der Waals surface area contributed by atoms with Gasteiger partial charge in [0.1, 0.15) is 5.75 Å². The first-order chi connectivity index (χ1) is 8.72. The van der Waals surface area contributed by atoms with Crippen LogP contribution in [-0.4, -0.2) is 31.6 Å². The van der Waals surface area contributed by atoms with Crippen molar-refractivity contribution < 1.29 is 4.74 Å². The average Bonchev–Trinajstić information content (AvgIpc) is 2.39. The molecule has 0 fully saturated rings. The van der Waals surface area contributed by atoms with Crippen molar-refractivity contribution in [3.63, 3.8) is 0 Å². The number of hydrogen-bond acceptors (Lipinski definition) is 3. The van der Waals surface area contributed by atoms with E-state index >= 15 is 0 Å². The SMILES string of the molecule is CCCN(CCC)CC(N)c1ccccc1OC. The van der Waals surface area contributed by atoms with E-state index in [0.29, 0.717) is 0 Å². The molecule has 2 N–H and O–H groups in total. The Morgan fingerprint density at radius 1 is 1.17 bits per heavy atom. The van der Waals surface area contributed by atoms with Crippen LogP contribution < -0.4 is 10.5 Å². The Kier molecular flexibility index (Phi) is 6.76. The number of methoxy groups -OCH3 is 1. The fraction of sp³-hybridized carbons (Fsp3) is 0.600. The number of hydrogen-bond donors (Lipinski definition) is 1. The topological polar surface area (TPSA) is 38.5 Å². The van der Waals surface area contributed by atoms with Gasteiger partial charge in [-0.15, -0.1) is 0 Å². The van der Waals surface area contributed by atoms with Crippen molar-refractivity contribution in [2.24, 2.45) is 5.73 Å². The van der Waals surface area contributed by atoms with Crippen LogP contribution in [0.3, 0.4) is 0 Å². The zero-order chi connectivity index (χ0) is 13.4. The minimum Gasteiger partial charge on any atom is -0.496 e. The number of nitrogens with two attached hydrogens (primary N) is 1. The van der Waals surface area contributed by atoms with Gasteiger partial charge in [0.2, 0.25) is 0 Å². The van der Waals surface area contributed by atoms with E-state index in [1.54, 1.807) is 7.11 Å². The molecule has 0 saturated heterocycles. The summed E-state index contributed by atoms with van der Waals surface area (Å²) in [5, 5.41) is 0. The number of nitrogens with zero attached hydrogens (tertiary/aromatic N) is 1. The van der Waals surface area contributed by atoms with Gasteiger partial charge in [0.25, 0.3) is 0 Å². The third kappa shape index (κ3) is 4.31. The third-order valence-corrected chi connectivity index (χ3v) is 3.07. The first kappa shape index (κ1) is 15.0. The van der Waals surface area contributed by atoms with Crippen LogP contribution in [0.2, 0.25) is 0 Å². The normalized spacial score (nSPS) is 12.7. The van der Waals surface area contributed by atoms with Gasteiger partial charge in [-0.05, 0) is 32.0 Å². The fourth-order valence-electron chi connectivity index (χ4n) is 2.28. The molecule has 0 spiro atoms. The van der Waals surface area contributed by atoms with Gasteiger partial charge in [0.05, 0.1) is 7.11 Å². The van der Waals surface area contributed by atoms with Crippen LogP contribution in [0.15, 0.2) is 24.3 Å². The van der Waals surface area contributed by atoms with Crippen molar-refractivity contribution in [1.82, 2.24) is 4.90 Å². The monoisotopic (exact) mass is 250 g/mol. The Morgan fingerprint density at radius 3 is 2.33 bits per heavy atom. The van der Waals surface area contributed by atoms with Gasteiger partial charge < -0.3 is 15.4 Å². The molecule has 102 valence electrons. The molecule has 0 aliphatic rings. The lowest BCUT2D eigenvalue weighted by molar-refractivity contribution is 0.256. The number of rotatable bonds is 8. The lowest BCUT2D eigenvalue weighted by Gasteiger charge is -2.25. The second kappa shape index (κ2) is 8.11. The van der Waals surface area contributed by atoms with E-state index in [2.05, 4.69) is 24.8 Å². The molecule has 1 aromatic carbocycles. The zero-order valence-electron chi connectivity index (χ0n) is 11.9. The molecule has 0 aliphatic heterocycles. The maximum Gasteiger partial charge on any atom is 0.123 e. The van der Waals surface area contributed by atoms with E-state index in [1.165, 1.54) is 12.8 Å². The molecule has 0 radical (unpaired) electrons. The van der Waals surface area contributed by atoms with Crippen molar-refractivity contribution in [2.75, 3.05) is 26.7 Å². The van der Waals surface area contributed by atoms with Crippen LogP contribution in [0.4, 0.5) is 0 Å². The largest absolute Gasteiger partial charge is 0.496 e. The van der Waals surface area contributed by atoms with E-state index in [0.717, 1.165) is 30.9 Å². The molecule has 1 aromatic rings. The highest BCUT2D eigenvalue weighted by Crippen LogP contribution is 2.23. The van der Waals surface area contributed by atoms with Gasteiger partial charge in [-0.2, -0.15) is 0 Å². The van der Waals surface area contributed by atoms with Gasteiger partial charge in [0.15, 0.2) is 0 Å². The predicted molar refractivity (Wildman–Crippen MR) is 76.9 cm³/mol. The molecular weight excluding hydrogens is 224 g/mol. The van der Waals surface area contributed by atoms with E-state index in [1.807, 2.05) is 18.2 Å². The summed E-state index contributed by atoms with van der Waals surface area (Å²) in [5.74, 6) is 0.887. The molecule has 0 aromatic heterocycles. The Hall–Kier alpha value is -1.06. The molecule has 0 heterocycles. The van der Waals surface area contributed by atoms with E-state index in [-0.39, 0.29) is 6.04 Å².